The summed E-state index contributed by atoms with van der Waals surface area (Å²) in [5, 5.41) is 0.768. The van der Waals surface area contributed by atoms with Crippen molar-refractivity contribution in [2.75, 3.05) is 4.05 Å². The number of hydrogen-bond donors (Lipinski definition) is 0. The smallest absolute Gasteiger partial charge is 0.166 e. The Bertz CT molecular complexity index is 285. The van der Waals surface area contributed by atoms with E-state index < -0.39 is 11.7 Å². The van der Waals surface area contributed by atoms with Crippen LogP contribution in [0.1, 0.15) is 5.56 Å². The van der Waals surface area contributed by atoms with Crippen LogP contribution in [0.25, 0.3) is 0 Å². The number of halogens is 4. The van der Waals surface area contributed by atoms with Crippen molar-refractivity contribution < 1.29 is 13.2 Å². The minimum absolute atomic E-state index is 0.449. The lowest BCUT2D eigenvalue weighted by molar-refractivity contribution is -0.137. The van der Waals surface area contributed by atoms with Gasteiger partial charge in [0, 0.05) is 0 Å². The fourth-order valence-electron chi connectivity index (χ4n) is 0.883. The van der Waals surface area contributed by atoms with Gasteiger partial charge in [-0.15, -0.1) is 0 Å². The molecular formula is C8H6F3ISi. The van der Waals surface area contributed by atoms with Crippen LogP contribution < -0.4 is 5.19 Å². The van der Waals surface area contributed by atoms with E-state index in [1.54, 1.807) is 6.07 Å². The van der Waals surface area contributed by atoms with Crippen molar-refractivity contribution in [1.82, 2.24) is 0 Å². The molecule has 0 saturated carbocycles. The average Bonchev–Trinajstić information content (AvgIpc) is 2.04. The van der Waals surface area contributed by atoms with Crippen molar-refractivity contribution in [3.63, 3.8) is 0 Å². The van der Waals surface area contributed by atoms with E-state index in [9.17, 15) is 13.2 Å². The zero-order valence-corrected chi connectivity index (χ0v) is 9.69. The maximum absolute atomic E-state index is 12.2. The van der Waals surface area contributed by atoms with Crippen molar-refractivity contribution in [3.05, 3.63) is 29.8 Å². The second kappa shape index (κ2) is 4.45. The summed E-state index contributed by atoms with van der Waals surface area (Å²) in [6.45, 7) is 0. The molecule has 0 atom stereocenters. The summed E-state index contributed by atoms with van der Waals surface area (Å²) in [5.74, 6) is 0. The summed E-state index contributed by atoms with van der Waals surface area (Å²) in [6.07, 6.45) is -4.22. The highest BCUT2D eigenvalue weighted by atomic mass is 127. The maximum atomic E-state index is 12.2. The molecule has 0 saturated heterocycles. The van der Waals surface area contributed by atoms with Crippen LogP contribution in [0.3, 0.4) is 0 Å². The van der Waals surface area contributed by atoms with Gasteiger partial charge in [0.1, 0.15) is 0 Å². The highest BCUT2D eigenvalue weighted by molar-refractivity contribution is 14.1. The minimum Gasteiger partial charge on any atom is -0.166 e. The summed E-state index contributed by atoms with van der Waals surface area (Å²) >= 11 is 2.15. The molecule has 0 heterocycles. The van der Waals surface area contributed by atoms with Crippen LogP contribution in [0.5, 0.6) is 0 Å². The van der Waals surface area contributed by atoms with Gasteiger partial charge in [0.05, 0.1) is 15.1 Å². The molecule has 0 aromatic heterocycles. The molecule has 1 rings (SSSR count). The molecule has 70 valence electrons. The van der Waals surface area contributed by atoms with Crippen molar-refractivity contribution in [3.8, 4) is 0 Å². The Kier molecular flexibility index (Phi) is 3.78. The third-order valence-corrected chi connectivity index (χ3v) is 3.46. The van der Waals surface area contributed by atoms with E-state index in [0.29, 0.717) is 9.52 Å². The van der Waals surface area contributed by atoms with E-state index in [4.69, 9.17) is 0 Å². The second-order valence-corrected chi connectivity index (χ2v) is 5.88. The highest BCUT2D eigenvalue weighted by Gasteiger charge is 2.30. The van der Waals surface area contributed by atoms with Gasteiger partial charge in [0.25, 0.3) is 0 Å². The number of alkyl halides is 4. The Morgan fingerprint density at radius 2 is 2.00 bits per heavy atom. The lowest BCUT2D eigenvalue weighted by atomic mass is 10.2. The Morgan fingerprint density at radius 3 is 2.54 bits per heavy atom. The van der Waals surface area contributed by atoms with E-state index in [-0.39, 0.29) is 0 Å². The summed E-state index contributed by atoms with van der Waals surface area (Å²) in [5.41, 5.74) is -0.553. The van der Waals surface area contributed by atoms with Gasteiger partial charge in [-0.25, -0.2) is 0 Å². The van der Waals surface area contributed by atoms with Gasteiger partial charge in [-0.2, -0.15) is 13.2 Å². The van der Waals surface area contributed by atoms with E-state index in [1.165, 1.54) is 12.1 Å². The minimum atomic E-state index is -4.22. The summed E-state index contributed by atoms with van der Waals surface area (Å²) in [6, 6.07) is 5.50. The number of benzene rings is 1. The molecular weight excluding hydrogens is 308 g/mol. The zero-order chi connectivity index (χ0) is 9.90. The first-order valence-corrected chi connectivity index (χ1v) is 6.24. The predicted octanol–water partition coefficient (Wildman–Crippen LogP) is 2.43. The Balaban J connectivity index is 2.92. The molecule has 0 aliphatic rings. The summed E-state index contributed by atoms with van der Waals surface area (Å²) in [4.78, 5) is 0. The maximum Gasteiger partial charge on any atom is 0.416 e. The standard InChI is InChI=1S/C8H6F3ISi/c9-8(10,11)6-2-1-3-7(4-6)13-5-12/h1-4H,5H2. The summed E-state index contributed by atoms with van der Waals surface area (Å²) in [7, 11) is 0.449. The third-order valence-electron chi connectivity index (χ3n) is 1.46. The quantitative estimate of drug-likeness (QED) is 0.447. The highest BCUT2D eigenvalue weighted by Crippen LogP contribution is 2.27. The molecule has 0 aliphatic heterocycles. The molecule has 1 aromatic carbocycles. The van der Waals surface area contributed by atoms with Crippen LogP contribution in [0.2, 0.25) is 0 Å². The SMILES string of the molecule is FC(F)(F)c1cccc([Si]CI)c1. The third kappa shape index (κ3) is 3.30. The van der Waals surface area contributed by atoms with Gasteiger partial charge in [0.15, 0.2) is 0 Å². The molecule has 0 N–H and O–H groups in total. The molecule has 0 bridgehead atoms. The Hall–Kier alpha value is -0.0431. The van der Waals surface area contributed by atoms with Crippen LogP contribution >= 0.6 is 22.6 Å². The van der Waals surface area contributed by atoms with Crippen molar-refractivity contribution >= 4 is 37.3 Å². The number of rotatable bonds is 2. The van der Waals surface area contributed by atoms with Crippen molar-refractivity contribution in [2.24, 2.45) is 0 Å². The molecule has 0 fully saturated rings. The van der Waals surface area contributed by atoms with Crippen LogP contribution in [0.4, 0.5) is 13.2 Å². The predicted molar refractivity (Wildman–Crippen MR) is 55.7 cm³/mol. The van der Waals surface area contributed by atoms with Gasteiger partial charge in [-0.1, -0.05) is 52.0 Å². The fourth-order valence-corrected chi connectivity index (χ4v) is 2.83. The van der Waals surface area contributed by atoms with Crippen LogP contribution in [0.15, 0.2) is 24.3 Å². The number of hydrogen-bond acceptors (Lipinski definition) is 0. The molecule has 13 heavy (non-hydrogen) atoms. The first kappa shape index (κ1) is 11.0. The molecule has 0 aliphatic carbocycles. The van der Waals surface area contributed by atoms with Gasteiger partial charge in [0.2, 0.25) is 0 Å². The van der Waals surface area contributed by atoms with E-state index >= 15 is 0 Å². The molecule has 0 spiro atoms. The molecule has 0 unspecified atom stereocenters. The molecule has 1 aromatic rings. The van der Waals surface area contributed by atoms with Crippen molar-refractivity contribution in [1.29, 1.82) is 0 Å². The first-order valence-electron chi connectivity index (χ1n) is 3.51. The van der Waals surface area contributed by atoms with Gasteiger partial charge in [-0.05, 0) is 4.05 Å². The molecule has 0 amide bonds. The largest absolute Gasteiger partial charge is 0.416 e. The monoisotopic (exact) mass is 314 g/mol. The van der Waals surface area contributed by atoms with Gasteiger partial charge >= 0.3 is 6.18 Å². The fraction of sp³-hybridized carbons (Fsp3) is 0.250. The van der Waals surface area contributed by atoms with E-state index in [2.05, 4.69) is 22.6 Å². The summed E-state index contributed by atoms with van der Waals surface area (Å²) < 4.78 is 37.5. The zero-order valence-electron chi connectivity index (χ0n) is 6.53. The Labute approximate surface area is 90.5 Å². The van der Waals surface area contributed by atoms with Crippen LogP contribution in [-0.2, 0) is 6.18 Å². The normalized spacial score (nSPS) is 11.7. The van der Waals surface area contributed by atoms with Gasteiger partial charge in [-0.3, -0.25) is 0 Å². The van der Waals surface area contributed by atoms with E-state index in [1.807, 2.05) is 0 Å². The second-order valence-electron chi connectivity index (χ2n) is 2.39. The lowest BCUT2D eigenvalue weighted by Crippen LogP contribution is -2.18. The average molecular weight is 314 g/mol. The van der Waals surface area contributed by atoms with E-state index in [0.717, 1.165) is 15.3 Å². The van der Waals surface area contributed by atoms with Gasteiger partial charge < -0.3 is 0 Å². The van der Waals surface area contributed by atoms with Crippen LogP contribution in [-0.4, -0.2) is 13.6 Å². The first-order chi connectivity index (χ1) is 6.04. The van der Waals surface area contributed by atoms with Crippen molar-refractivity contribution in [2.45, 2.75) is 6.18 Å². The van der Waals surface area contributed by atoms with Crippen LogP contribution in [0, 0.1) is 0 Å². The topological polar surface area (TPSA) is 0 Å². The molecule has 0 nitrogen and oxygen atoms in total. The lowest BCUT2D eigenvalue weighted by Gasteiger charge is -2.07. The Morgan fingerprint density at radius 1 is 1.31 bits per heavy atom. The molecule has 2 radical (unpaired) electrons. The molecule has 5 heteroatoms.